The van der Waals surface area contributed by atoms with Gasteiger partial charge < -0.3 is 15.8 Å². The third-order valence-electron chi connectivity index (χ3n) is 2.05. The number of nitrogen functional groups attached to an aromatic ring is 1. The maximum Gasteiger partial charge on any atom is 0.257 e. The van der Waals surface area contributed by atoms with E-state index in [4.69, 9.17) is 16.9 Å². The number of anilines is 1. The zero-order valence-electron chi connectivity index (χ0n) is 9.61. The van der Waals surface area contributed by atoms with Crippen LogP contribution in [0.1, 0.15) is 12.8 Å². The third-order valence-corrected chi connectivity index (χ3v) is 2.05. The molecule has 0 fully saturated rings. The lowest BCUT2D eigenvalue weighted by molar-refractivity contribution is -0.123. The highest BCUT2D eigenvalue weighted by Crippen LogP contribution is 2.13. The van der Waals surface area contributed by atoms with Crippen LogP contribution in [0.3, 0.4) is 0 Å². The van der Waals surface area contributed by atoms with Crippen LogP contribution >= 0.6 is 0 Å². The second-order valence-electron chi connectivity index (χ2n) is 3.52. The highest BCUT2D eigenvalue weighted by atomic mass is 16.5. The fourth-order valence-electron chi connectivity index (χ4n) is 1.22. The summed E-state index contributed by atoms with van der Waals surface area (Å²) in [6.45, 7) is 0.558. The van der Waals surface area contributed by atoms with E-state index in [1.165, 1.54) is 0 Å². The van der Waals surface area contributed by atoms with Gasteiger partial charge in [0, 0.05) is 24.7 Å². The Morgan fingerprint density at radius 3 is 3.06 bits per heavy atom. The lowest BCUT2D eigenvalue weighted by Gasteiger charge is -2.07. The number of carbonyl (C=O) groups is 1. The number of amides is 1. The molecule has 0 spiro atoms. The number of benzene rings is 1. The molecule has 0 heterocycles. The first-order valence-electron chi connectivity index (χ1n) is 5.41. The first-order valence-corrected chi connectivity index (χ1v) is 5.41. The van der Waals surface area contributed by atoms with Crippen molar-refractivity contribution in [1.82, 2.24) is 5.32 Å². The molecule has 1 aromatic rings. The molecule has 0 saturated heterocycles. The highest BCUT2D eigenvalue weighted by molar-refractivity contribution is 5.77. The van der Waals surface area contributed by atoms with E-state index in [-0.39, 0.29) is 12.5 Å². The first kappa shape index (κ1) is 12.9. The van der Waals surface area contributed by atoms with Crippen LogP contribution in [-0.4, -0.2) is 19.1 Å². The number of hydrogen-bond acceptors (Lipinski definition) is 3. The van der Waals surface area contributed by atoms with Gasteiger partial charge in [0.2, 0.25) is 0 Å². The monoisotopic (exact) mass is 232 g/mol. The molecule has 0 aliphatic heterocycles. The van der Waals surface area contributed by atoms with E-state index in [1.807, 2.05) is 0 Å². The summed E-state index contributed by atoms with van der Waals surface area (Å²) in [5.74, 6) is 2.93. The Morgan fingerprint density at radius 1 is 1.53 bits per heavy atom. The summed E-state index contributed by atoms with van der Waals surface area (Å²) in [6, 6.07) is 6.95. The topological polar surface area (TPSA) is 64.3 Å². The minimum atomic E-state index is -0.163. The summed E-state index contributed by atoms with van der Waals surface area (Å²) in [5.41, 5.74) is 6.19. The van der Waals surface area contributed by atoms with Gasteiger partial charge in [-0.1, -0.05) is 6.07 Å². The van der Waals surface area contributed by atoms with Crippen molar-refractivity contribution < 1.29 is 9.53 Å². The molecule has 3 N–H and O–H groups in total. The van der Waals surface area contributed by atoms with Gasteiger partial charge in [-0.3, -0.25) is 4.79 Å². The predicted octanol–water partition coefficient (Wildman–Crippen LogP) is 1.18. The van der Waals surface area contributed by atoms with Gasteiger partial charge in [-0.15, -0.1) is 12.3 Å². The summed E-state index contributed by atoms with van der Waals surface area (Å²) in [6.07, 6.45) is 6.54. The SMILES string of the molecule is C#CCCCNC(=O)COc1cccc(N)c1. The summed E-state index contributed by atoms with van der Waals surface area (Å²) >= 11 is 0. The van der Waals surface area contributed by atoms with Gasteiger partial charge in [0.25, 0.3) is 5.91 Å². The van der Waals surface area contributed by atoms with Crippen LogP contribution in [-0.2, 0) is 4.79 Å². The molecule has 17 heavy (non-hydrogen) atoms. The largest absolute Gasteiger partial charge is 0.484 e. The number of nitrogens with two attached hydrogens (primary N) is 1. The van der Waals surface area contributed by atoms with Crippen molar-refractivity contribution in [3.05, 3.63) is 24.3 Å². The molecule has 0 saturated carbocycles. The van der Waals surface area contributed by atoms with E-state index in [2.05, 4.69) is 11.2 Å². The normalized spacial score (nSPS) is 9.35. The fraction of sp³-hybridized carbons (Fsp3) is 0.308. The molecule has 1 amide bonds. The van der Waals surface area contributed by atoms with Gasteiger partial charge in [0.1, 0.15) is 5.75 Å². The van der Waals surface area contributed by atoms with Gasteiger partial charge in [-0.25, -0.2) is 0 Å². The molecule has 90 valence electrons. The Balaban J connectivity index is 2.22. The second kappa shape index (κ2) is 7.18. The van der Waals surface area contributed by atoms with Crippen LogP contribution in [0.15, 0.2) is 24.3 Å². The van der Waals surface area contributed by atoms with E-state index in [1.54, 1.807) is 24.3 Å². The molecule has 1 rings (SSSR count). The number of rotatable bonds is 6. The number of carbonyl (C=O) groups excluding carboxylic acids is 1. The van der Waals surface area contributed by atoms with Crippen LogP contribution in [0.5, 0.6) is 5.75 Å². The third kappa shape index (κ3) is 5.47. The van der Waals surface area contributed by atoms with Gasteiger partial charge in [0.05, 0.1) is 0 Å². The molecule has 4 heteroatoms. The average Bonchev–Trinajstić information content (AvgIpc) is 2.32. The van der Waals surface area contributed by atoms with E-state index in [0.717, 1.165) is 6.42 Å². The fourth-order valence-corrected chi connectivity index (χ4v) is 1.22. The Bertz CT molecular complexity index is 410. The van der Waals surface area contributed by atoms with Crippen molar-refractivity contribution in [2.45, 2.75) is 12.8 Å². The van der Waals surface area contributed by atoms with Crippen LogP contribution in [0, 0.1) is 12.3 Å². The number of unbranched alkanes of at least 4 members (excludes halogenated alkanes) is 1. The molecular weight excluding hydrogens is 216 g/mol. The molecule has 0 aliphatic rings. The van der Waals surface area contributed by atoms with Gasteiger partial charge in [0.15, 0.2) is 6.61 Å². The lowest BCUT2D eigenvalue weighted by Crippen LogP contribution is -2.29. The quantitative estimate of drug-likeness (QED) is 0.440. The molecule has 0 unspecified atom stereocenters. The number of hydrogen-bond donors (Lipinski definition) is 2. The summed E-state index contributed by atoms with van der Waals surface area (Å²) < 4.78 is 5.27. The smallest absolute Gasteiger partial charge is 0.257 e. The molecule has 0 aliphatic carbocycles. The number of ether oxygens (including phenoxy) is 1. The Kier molecular flexibility index (Phi) is 5.45. The zero-order valence-corrected chi connectivity index (χ0v) is 9.61. The zero-order chi connectivity index (χ0) is 12.5. The van der Waals surface area contributed by atoms with Crippen molar-refractivity contribution in [2.75, 3.05) is 18.9 Å². The van der Waals surface area contributed by atoms with Crippen LogP contribution < -0.4 is 15.8 Å². The standard InChI is InChI=1S/C13H16N2O2/c1-2-3-4-8-15-13(16)10-17-12-7-5-6-11(14)9-12/h1,5-7,9H,3-4,8,10,14H2,(H,15,16). The predicted molar refractivity (Wildman–Crippen MR) is 67.4 cm³/mol. The Hall–Kier alpha value is -2.15. The van der Waals surface area contributed by atoms with Crippen molar-refractivity contribution in [3.8, 4) is 18.1 Å². The van der Waals surface area contributed by atoms with Crippen LogP contribution in [0.2, 0.25) is 0 Å². The minimum absolute atomic E-state index is 0.0144. The molecule has 1 aromatic carbocycles. The van der Waals surface area contributed by atoms with E-state index >= 15 is 0 Å². The van der Waals surface area contributed by atoms with Gasteiger partial charge in [-0.05, 0) is 18.6 Å². The first-order chi connectivity index (χ1) is 8.22. The minimum Gasteiger partial charge on any atom is -0.484 e. The maximum atomic E-state index is 11.3. The van der Waals surface area contributed by atoms with Gasteiger partial charge >= 0.3 is 0 Å². The van der Waals surface area contributed by atoms with Crippen molar-refractivity contribution >= 4 is 11.6 Å². The molecule has 4 nitrogen and oxygen atoms in total. The van der Waals surface area contributed by atoms with Crippen molar-refractivity contribution in [3.63, 3.8) is 0 Å². The van der Waals surface area contributed by atoms with Crippen molar-refractivity contribution in [2.24, 2.45) is 0 Å². The van der Waals surface area contributed by atoms with Crippen LogP contribution in [0.25, 0.3) is 0 Å². The highest BCUT2D eigenvalue weighted by Gasteiger charge is 2.01. The second-order valence-corrected chi connectivity index (χ2v) is 3.52. The summed E-state index contributed by atoms with van der Waals surface area (Å²) in [7, 11) is 0. The Morgan fingerprint density at radius 2 is 2.35 bits per heavy atom. The van der Waals surface area contributed by atoms with E-state index in [0.29, 0.717) is 24.4 Å². The molecule has 0 atom stereocenters. The van der Waals surface area contributed by atoms with E-state index in [9.17, 15) is 4.79 Å². The van der Waals surface area contributed by atoms with Crippen LogP contribution in [0.4, 0.5) is 5.69 Å². The lowest BCUT2D eigenvalue weighted by atomic mass is 10.3. The molecule has 0 bridgehead atoms. The number of nitrogens with one attached hydrogen (secondary N) is 1. The molecule has 0 aromatic heterocycles. The van der Waals surface area contributed by atoms with Crippen molar-refractivity contribution in [1.29, 1.82) is 0 Å². The maximum absolute atomic E-state index is 11.3. The molecular formula is C13H16N2O2. The average molecular weight is 232 g/mol. The summed E-state index contributed by atoms with van der Waals surface area (Å²) in [5, 5.41) is 2.71. The van der Waals surface area contributed by atoms with E-state index < -0.39 is 0 Å². The number of terminal acetylenes is 1. The van der Waals surface area contributed by atoms with Gasteiger partial charge in [-0.2, -0.15) is 0 Å². The Labute approximate surface area is 101 Å². The summed E-state index contributed by atoms with van der Waals surface area (Å²) in [4.78, 5) is 11.3. The molecule has 0 radical (unpaired) electrons.